The second-order valence-corrected chi connectivity index (χ2v) is 3.51. The van der Waals surface area contributed by atoms with Crippen LogP contribution in [-0.4, -0.2) is 12.9 Å². The van der Waals surface area contributed by atoms with Crippen molar-refractivity contribution in [1.82, 2.24) is 0 Å². The molecule has 0 amide bonds. The first kappa shape index (κ1) is 12.3. The number of halogens is 2. The molecule has 94 valence electrons. The van der Waals surface area contributed by atoms with Gasteiger partial charge in [0, 0.05) is 12.1 Å². The van der Waals surface area contributed by atoms with Gasteiger partial charge in [-0.2, -0.15) is 0 Å². The van der Waals surface area contributed by atoms with Crippen molar-refractivity contribution in [2.75, 3.05) is 6.61 Å². The summed E-state index contributed by atoms with van der Waals surface area (Å²) in [5.41, 5.74) is -0.313. The van der Waals surface area contributed by atoms with E-state index in [9.17, 15) is 13.6 Å². The van der Waals surface area contributed by atoms with E-state index in [4.69, 9.17) is 9.15 Å². The maximum Gasteiger partial charge on any atom is 0.185 e. The molecule has 1 aromatic carbocycles. The highest BCUT2D eigenvalue weighted by Gasteiger charge is 2.17. The molecule has 0 fully saturated rings. The van der Waals surface area contributed by atoms with E-state index in [0.29, 0.717) is 12.9 Å². The topological polar surface area (TPSA) is 39.4 Å². The summed E-state index contributed by atoms with van der Waals surface area (Å²) in [6.45, 7) is 2.03. The van der Waals surface area contributed by atoms with Gasteiger partial charge >= 0.3 is 0 Å². The first-order valence-electron chi connectivity index (χ1n) is 5.33. The average molecular weight is 252 g/mol. The molecular weight excluding hydrogens is 242 g/mol. The lowest BCUT2D eigenvalue weighted by Crippen LogP contribution is -1.96. The smallest absolute Gasteiger partial charge is 0.185 e. The minimum atomic E-state index is -0.801. The monoisotopic (exact) mass is 252 g/mol. The lowest BCUT2D eigenvalue weighted by atomic mass is 10.1. The number of hydrogen-bond acceptors (Lipinski definition) is 3. The molecule has 0 radical (unpaired) electrons. The van der Waals surface area contributed by atoms with E-state index < -0.39 is 11.6 Å². The summed E-state index contributed by atoms with van der Waals surface area (Å²) in [6, 6.07) is 4.83. The summed E-state index contributed by atoms with van der Waals surface area (Å²) in [5, 5.41) is 0. The van der Waals surface area contributed by atoms with Crippen LogP contribution >= 0.6 is 0 Å². The molecule has 1 aromatic heterocycles. The first-order chi connectivity index (χ1) is 8.65. The van der Waals surface area contributed by atoms with Gasteiger partial charge in [0.1, 0.15) is 23.1 Å². The Labute approximate surface area is 102 Å². The Balaban J connectivity index is 2.47. The summed E-state index contributed by atoms with van der Waals surface area (Å²) < 4.78 is 37.5. The zero-order valence-electron chi connectivity index (χ0n) is 9.57. The van der Waals surface area contributed by atoms with Crippen LogP contribution in [0.3, 0.4) is 0 Å². The van der Waals surface area contributed by atoms with Crippen LogP contribution in [0, 0.1) is 11.6 Å². The largest absolute Gasteiger partial charge is 0.494 e. The van der Waals surface area contributed by atoms with Crippen LogP contribution < -0.4 is 4.74 Å². The number of aldehydes is 1. The third-order valence-corrected chi connectivity index (χ3v) is 2.32. The van der Waals surface area contributed by atoms with Crippen molar-refractivity contribution in [1.29, 1.82) is 0 Å². The van der Waals surface area contributed by atoms with Crippen molar-refractivity contribution in [3.05, 3.63) is 41.7 Å². The Morgan fingerprint density at radius 3 is 2.44 bits per heavy atom. The first-order valence-corrected chi connectivity index (χ1v) is 5.33. The Morgan fingerprint density at radius 1 is 1.28 bits per heavy atom. The quantitative estimate of drug-likeness (QED) is 0.782. The van der Waals surface area contributed by atoms with Gasteiger partial charge < -0.3 is 9.15 Å². The fourth-order valence-corrected chi connectivity index (χ4v) is 1.59. The van der Waals surface area contributed by atoms with Gasteiger partial charge in [-0.05, 0) is 19.1 Å². The molecule has 0 aliphatic carbocycles. The van der Waals surface area contributed by atoms with E-state index in [1.54, 1.807) is 6.92 Å². The molecule has 0 N–H and O–H groups in total. The number of rotatable bonds is 4. The van der Waals surface area contributed by atoms with Gasteiger partial charge in [0.15, 0.2) is 12.0 Å². The van der Waals surface area contributed by atoms with Crippen molar-refractivity contribution in [2.45, 2.75) is 6.92 Å². The normalized spacial score (nSPS) is 10.4. The van der Waals surface area contributed by atoms with Gasteiger partial charge in [0.05, 0.1) is 12.2 Å². The molecule has 5 heteroatoms. The molecule has 0 spiro atoms. The molecule has 0 unspecified atom stereocenters. The molecule has 0 saturated carbocycles. The van der Waals surface area contributed by atoms with E-state index in [2.05, 4.69) is 0 Å². The number of hydrogen-bond donors (Lipinski definition) is 0. The van der Waals surface area contributed by atoms with Gasteiger partial charge in [-0.25, -0.2) is 8.78 Å². The zero-order chi connectivity index (χ0) is 13.1. The number of carbonyl (C=O) groups is 1. The van der Waals surface area contributed by atoms with Gasteiger partial charge in [-0.1, -0.05) is 0 Å². The molecule has 0 aliphatic heterocycles. The zero-order valence-corrected chi connectivity index (χ0v) is 9.57. The van der Waals surface area contributed by atoms with E-state index in [1.165, 1.54) is 12.1 Å². The maximum atomic E-state index is 13.8. The van der Waals surface area contributed by atoms with Gasteiger partial charge in [0.2, 0.25) is 0 Å². The summed E-state index contributed by atoms with van der Waals surface area (Å²) in [5.74, 6) is -1.51. The highest BCUT2D eigenvalue weighted by molar-refractivity contribution is 5.73. The van der Waals surface area contributed by atoms with Crippen molar-refractivity contribution in [3.8, 4) is 17.1 Å². The van der Waals surface area contributed by atoms with Gasteiger partial charge in [0.25, 0.3) is 0 Å². The lowest BCUT2D eigenvalue weighted by molar-refractivity contribution is 0.110. The van der Waals surface area contributed by atoms with Gasteiger partial charge in [-0.15, -0.1) is 0 Å². The Kier molecular flexibility index (Phi) is 3.41. The van der Waals surface area contributed by atoms with Crippen molar-refractivity contribution in [2.24, 2.45) is 0 Å². The van der Waals surface area contributed by atoms with E-state index in [1.807, 2.05) is 0 Å². The predicted molar refractivity (Wildman–Crippen MR) is 60.6 cm³/mol. The fraction of sp³-hybridized carbons (Fsp3) is 0.154. The maximum absolute atomic E-state index is 13.8. The highest BCUT2D eigenvalue weighted by Crippen LogP contribution is 2.30. The average Bonchev–Trinajstić information content (AvgIpc) is 2.77. The fourth-order valence-electron chi connectivity index (χ4n) is 1.59. The van der Waals surface area contributed by atoms with Crippen LogP contribution in [0.25, 0.3) is 11.3 Å². The summed E-state index contributed by atoms with van der Waals surface area (Å²) in [6.07, 6.45) is 0.466. The van der Waals surface area contributed by atoms with Crippen molar-refractivity contribution < 1.29 is 22.7 Å². The molecular formula is C13H10F2O3. The number of ether oxygens (including phenoxy) is 1. The van der Waals surface area contributed by atoms with Crippen molar-refractivity contribution >= 4 is 6.29 Å². The molecule has 0 saturated heterocycles. The highest BCUT2D eigenvalue weighted by atomic mass is 19.1. The van der Waals surface area contributed by atoms with E-state index in [-0.39, 0.29) is 22.8 Å². The van der Waals surface area contributed by atoms with Crippen molar-refractivity contribution in [3.63, 3.8) is 0 Å². The lowest BCUT2D eigenvalue weighted by Gasteiger charge is -2.06. The third-order valence-electron chi connectivity index (χ3n) is 2.32. The summed E-state index contributed by atoms with van der Waals surface area (Å²) in [7, 11) is 0. The SMILES string of the molecule is CCOc1cc(F)c(-c2ccc(C=O)o2)c(F)c1. The van der Waals surface area contributed by atoms with E-state index in [0.717, 1.165) is 12.1 Å². The van der Waals surface area contributed by atoms with Crippen LogP contribution in [-0.2, 0) is 0 Å². The predicted octanol–water partition coefficient (Wildman–Crippen LogP) is 3.44. The van der Waals surface area contributed by atoms with E-state index >= 15 is 0 Å². The summed E-state index contributed by atoms with van der Waals surface area (Å²) >= 11 is 0. The van der Waals surface area contributed by atoms with Crippen LogP contribution in [0.5, 0.6) is 5.75 Å². The molecule has 2 rings (SSSR count). The van der Waals surface area contributed by atoms with Crippen LogP contribution in [0.4, 0.5) is 8.78 Å². The second kappa shape index (κ2) is 5.00. The minimum absolute atomic E-state index is 0.0117. The second-order valence-electron chi connectivity index (χ2n) is 3.51. The van der Waals surface area contributed by atoms with Crippen LogP contribution in [0.1, 0.15) is 17.5 Å². The Bertz CT molecular complexity index is 552. The number of furan rings is 1. The van der Waals surface area contributed by atoms with Crippen LogP contribution in [0.15, 0.2) is 28.7 Å². The molecule has 1 heterocycles. The molecule has 18 heavy (non-hydrogen) atoms. The molecule has 0 aliphatic rings. The molecule has 0 atom stereocenters. The number of carbonyl (C=O) groups excluding carboxylic acids is 1. The Hall–Kier alpha value is -2.17. The minimum Gasteiger partial charge on any atom is -0.494 e. The third kappa shape index (κ3) is 2.25. The van der Waals surface area contributed by atoms with Crippen LogP contribution in [0.2, 0.25) is 0 Å². The molecule has 3 nitrogen and oxygen atoms in total. The summed E-state index contributed by atoms with van der Waals surface area (Å²) in [4.78, 5) is 10.5. The Morgan fingerprint density at radius 2 is 1.94 bits per heavy atom. The standard InChI is InChI=1S/C13H10F2O3/c1-2-17-9-5-10(14)13(11(15)6-9)12-4-3-8(7-16)18-12/h3-7H,2H2,1H3. The molecule has 2 aromatic rings. The molecule has 0 bridgehead atoms. The van der Waals surface area contributed by atoms with Gasteiger partial charge in [-0.3, -0.25) is 4.79 Å². The number of benzene rings is 1.